The van der Waals surface area contributed by atoms with Gasteiger partial charge in [-0.3, -0.25) is 10.1 Å². The Morgan fingerprint density at radius 3 is 2.67 bits per heavy atom. The zero-order valence-electron chi connectivity index (χ0n) is 14.2. The van der Waals surface area contributed by atoms with Crippen molar-refractivity contribution in [2.24, 2.45) is 11.3 Å². The summed E-state index contributed by atoms with van der Waals surface area (Å²) in [5.41, 5.74) is 0.333. The number of hydrogen-bond acceptors (Lipinski definition) is 3. The molecule has 0 spiro atoms. The van der Waals surface area contributed by atoms with Crippen LogP contribution in [0.4, 0.5) is 0 Å². The molecule has 0 aromatic rings. The molecule has 1 N–H and O–H groups in total. The molecule has 21 heavy (non-hydrogen) atoms. The molecule has 2 aliphatic rings. The number of nitrogens with zero attached hydrogens (tertiary/aromatic N) is 1. The van der Waals surface area contributed by atoms with E-state index in [9.17, 15) is 4.79 Å². The normalized spacial score (nSPS) is 27.7. The van der Waals surface area contributed by atoms with E-state index >= 15 is 0 Å². The Labute approximate surface area is 129 Å². The van der Waals surface area contributed by atoms with E-state index in [0.29, 0.717) is 17.2 Å². The van der Waals surface area contributed by atoms with Gasteiger partial charge in [-0.1, -0.05) is 33.6 Å². The maximum Gasteiger partial charge on any atom is 0.241 e. The van der Waals surface area contributed by atoms with Gasteiger partial charge >= 0.3 is 0 Å². The van der Waals surface area contributed by atoms with Crippen molar-refractivity contribution >= 4 is 5.91 Å². The summed E-state index contributed by atoms with van der Waals surface area (Å²) in [5, 5.41) is 3.58. The van der Waals surface area contributed by atoms with Crippen LogP contribution in [-0.4, -0.2) is 43.3 Å². The van der Waals surface area contributed by atoms with Crippen molar-refractivity contribution in [2.75, 3.05) is 20.3 Å². The number of nitrogens with one attached hydrogen (secondary N) is 1. The van der Waals surface area contributed by atoms with Gasteiger partial charge in [-0.15, -0.1) is 0 Å². The molecule has 4 heteroatoms. The molecule has 2 unspecified atom stereocenters. The zero-order valence-corrected chi connectivity index (χ0v) is 14.2. The zero-order chi connectivity index (χ0) is 15.5. The minimum absolute atomic E-state index is 0.0376. The molecule has 122 valence electrons. The fourth-order valence-corrected chi connectivity index (χ4v) is 3.39. The van der Waals surface area contributed by atoms with Crippen LogP contribution in [0, 0.1) is 11.3 Å². The molecule has 0 bridgehead atoms. The Bertz CT molecular complexity index is 353. The second-order valence-electron chi connectivity index (χ2n) is 7.26. The SMILES string of the molecule is CCCCC1NC(C(C)C)N(CC2(CCOC)CC2)C1=O. The highest BCUT2D eigenvalue weighted by Gasteiger charge is 2.49. The van der Waals surface area contributed by atoms with Crippen LogP contribution < -0.4 is 5.32 Å². The molecular weight excluding hydrogens is 264 g/mol. The summed E-state index contributed by atoms with van der Waals surface area (Å²) in [6, 6.07) is 0.0376. The van der Waals surface area contributed by atoms with Gasteiger partial charge in [0.25, 0.3) is 0 Å². The van der Waals surface area contributed by atoms with Crippen molar-refractivity contribution in [1.29, 1.82) is 0 Å². The first-order valence-corrected chi connectivity index (χ1v) is 8.58. The summed E-state index contributed by atoms with van der Waals surface area (Å²) in [4.78, 5) is 14.9. The number of ether oxygens (including phenoxy) is 1. The van der Waals surface area contributed by atoms with Crippen molar-refractivity contribution in [2.45, 2.75) is 71.5 Å². The van der Waals surface area contributed by atoms with Crippen LogP contribution in [-0.2, 0) is 9.53 Å². The molecule has 1 aliphatic heterocycles. The predicted molar refractivity (Wildman–Crippen MR) is 84.9 cm³/mol. The lowest BCUT2D eigenvalue weighted by Gasteiger charge is -2.31. The average Bonchev–Trinajstić information content (AvgIpc) is 3.15. The van der Waals surface area contributed by atoms with Gasteiger partial charge in [-0.2, -0.15) is 0 Å². The Hall–Kier alpha value is -0.610. The number of carbonyl (C=O) groups is 1. The monoisotopic (exact) mass is 296 g/mol. The van der Waals surface area contributed by atoms with Gasteiger partial charge < -0.3 is 9.64 Å². The summed E-state index contributed by atoms with van der Waals surface area (Å²) in [5.74, 6) is 0.782. The van der Waals surface area contributed by atoms with E-state index in [-0.39, 0.29) is 12.2 Å². The third kappa shape index (κ3) is 3.98. The fourth-order valence-electron chi connectivity index (χ4n) is 3.39. The Balaban J connectivity index is 1.99. The molecule has 4 nitrogen and oxygen atoms in total. The minimum atomic E-state index is 0.0376. The first-order valence-electron chi connectivity index (χ1n) is 8.58. The topological polar surface area (TPSA) is 41.6 Å². The van der Waals surface area contributed by atoms with Gasteiger partial charge in [-0.25, -0.2) is 0 Å². The molecule has 0 aromatic heterocycles. The Morgan fingerprint density at radius 1 is 1.43 bits per heavy atom. The van der Waals surface area contributed by atoms with Crippen LogP contribution >= 0.6 is 0 Å². The molecular formula is C17H32N2O2. The van der Waals surface area contributed by atoms with E-state index in [1.807, 2.05) is 0 Å². The van der Waals surface area contributed by atoms with Gasteiger partial charge in [0.15, 0.2) is 0 Å². The molecule has 0 radical (unpaired) electrons. The Morgan fingerprint density at radius 2 is 2.14 bits per heavy atom. The van der Waals surface area contributed by atoms with E-state index in [1.54, 1.807) is 7.11 Å². The number of rotatable bonds is 9. The largest absolute Gasteiger partial charge is 0.385 e. The van der Waals surface area contributed by atoms with Crippen molar-refractivity contribution < 1.29 is 9.53 Å². The highest BCUT2D eigenvalue weighted by atomic mass is 16.5. The Kier molecular flexibility index (Phi) is 5.67. The minimum Gasteiger partial charge on any atom is -0.385 e. The van der Waals surface area contributed by atoms with E-state index in [2.05, 4.69) is 31.0 Å². The average molecular weight is 296 g/mol. The maximum absolute atomic E-state index is 12.7. The van der Waals surface area contributed by atoms with Gasteiger partial charge in [0.2, 0.25) is 5.91 Å². The lowest BCUT2D eigenvalue weighted by atomic mass is 10.0. The summed E-state index contributed by atoms with van der Waals surface area (Å²) in [6.45, 7) is 8.31. The summed E-state index contributed by atoms with van der Waals surface area (Å²) in [6.07, 6.45) is 7.01. The quantitative estimate of drug-likeness (QED) is 0.711. The third-order valence-corrected chi connectivity index (χ3v) is 5.07. The van der Waals surface area contributed by atoms with Gasteiger partial charge in [0, 0.05) is 20.3 Å². The number of carbonyl (C=O) groups excluding carboxylic acids is 1. The molecule has 1 aliphatic carbocycles. The van der Waals surface area contributed by atoms with Gasteiger partial charge in [0.1, 0.15) is 0 Å². The summed E-state index contributed by atoms with van der Waals surface area (Å²) in [7, 11) is 1.76. The first kappa shape index (κ1) is 16.8. The van der Waals surface area contributed by atoms with Crippen LogP contribution in [0.3, 0.4) is 0 Å². The summed E-state index contributed by atoms with van der Waals surface area (Å²) >= 11 is 0. The highest BCUT2D eigenvalue weighted by molar-refractivity contribution is 5.84. The molecule has 0 aromatic carbocycles. The fraction of sp³-hybridized carbons (Fsp3) is 0.941. The van der Waals surface area contributed by atoms with Gasteiger partial charge in [-0.05, 0) is 37.0 Å². The molecule has 1 amide bonds. The maximum atomic E-state index is 12.7. The second-order valence-corrected chi connectivity index (χ2v) is 7.26. The smallest absolute Gasteiger partial charge is 0.241 e. The van der Waals surface area contributed by atoms with Crippen LogP contribution in [0.15, 0.2) is 0 Å². The molecule has 2 atom stereocenters. The standard InChI is InChI=1S/C17H32N2O2/c1-5-6-7-14-16(20)19(15(18-14)13(2)3)12-17(8-9-17)10-11-21-4/h13-15,18H,5-12H2,1-4H3. The van der Waals surface area contributed by atoms with Crippen molar-refractivity contribution in [3.8, 4) is 0 Å². The van der Waals surface area contributed by atoms with E-state index in [0.717, 1.165) is 38.8 Å². The van der Waals surface area contributed by atoms with Crippen LogP contribution in [0.1, 0.15) is 59.3 Å². The molecule has 2 fully saturated rings. The highest BCUT2D eigenvalue weighted by Crippen LogP contribution is 2.50. The second kappa shape index (κ2) is 7.10. The van der Waals surface area contributed by atoms with Gasteiger partial charge in [0.05, 0.1) is 12.2 Å². The summed E-state index contributed by atoms with van der Waals surface area (Å²) < 4.78 is 5.24. The number of unbranched alkanes of at least 4 members (excludes halogenated alkanes) is 1. The molecule has 1 saturated carbocycles. The van der Waals surface area contributed by atoms with E-state index in [1.165, 1.54) is 12.8 Å². The molecule has 1 saturated heterocycles. The number of amides is 1. The molecule has 1 heterocycles. The number of hydrogen-bond donors (Lipinski definition) is 1. The van der Waals surface area contributed by atoms with Crippen molar-refractivity contribution in [3.05, 3.63) is 0 Å². The third-order valence-electron chi connectivity index (χ3n) is 5.07. The predicted octanol–water partition coefficient (Wildman–Crippen LogP) is 2.78. The van der Waals surface area contributed by atoms with E-state index < -0.39 is 0 Å². The van der Waals surface area contributed by atoms with Crippen molar-refractivity contribution in [3.63, 3.8) is 0 Å². The first-order chi connectivity index (χ1) is 10.0. The van der Waals surface area contributed by atoms with Crippen LogP contribution in [0.5, 0.6) is 0 Å². The lowest BCUT2D eigenvalue weighted by Crippen LogP contribution is -2.44. The van der Waals surface area contributed by atoms with Crippen molar-refractivity contribution in [1.82, 2.24) is 10.2 Å². The lowest BCUT2D eigenvalue weighted by molar-refractivity contribution is -0.131. The van der Waals surface area contributed by atoms with E-state index in [4.69, 9.17) is 4.74 Å². The van der Waals surface area contributed by atoms with Crippen LogP contribution in [0.2, 0.25) is 0 Å². The molecule has 2 rings (SSSR count). The number of methoxy groups -OCH3 is 1. The van der Waals surface area contributed by atoms with Crippen LogP contribution in [0.25, 0.3) is 0 Å².